The SMILES string of the molecule is CC1CN(c2cnccn2)CC(C)N1CC(=O)N1CC=C(c2cccc3ccsc23)CC1. The average molecular weight is 448 g/mol. The predicted octanol–water partition coefficient (Wildman–Crippen LogP) is 3.91. The zero-order valence-electron chi connectivity index (χ0n) is 18.6. The van der Waals surface area contributed by atoms with Crippen molar-refractivity contribution in [3.05, 3.63) is 59.9 Å². The van der Waals surface area contributed by atoms with Gasteiger partial charge in [0.2, 0.25) is 5.91 Å². The number of thiophene rings is 1. The number of amides is 1. The van der Waals surface area contributed by atoms with Crippen LogP contribution in [0.25, 0.3) is 15.7 Å². The maximum atomic E-state index is 13.1. The molecule has 1 fully saturated rings. The fourth-order valence-corrected chi connectivity index (χ4v) is 5.90. The zero-order chi connectivity index (χ0) is 22.1. The summed E-state index contributed by atoms with van der Waals surface area (Å²) in [6.45, 7) is 8.05. The lowest BCUT2D eigenvalue weighted by Gasteiger charge is -2.45. The van der Waals surface area contributed by atoms with E-state index in [0.717, 1.165) is 31.9 Å². The summed E-state index contributed by atoms with van der Waals surface area (Å²) in [6, 6.07) is 9.24. The Balaban J connectivity index is 1.22. The summed E-state index contributed by atoms with van der Waals surface area (Å²) < 4.78 is 1.35. The largest absolute Gasteiger partial charge is 0.352 e. The zero-order valence-corrected chi connectivity index (χ0v) is 19.5. The Bertz CT molecular complexity index is 1120. The van der Waals surface area contributed by atoms with Crippen LogP contribution in [0.15, 0.2) is 54.3 Å². The van der Waals surface area contributed by atoms with Crippen LogP contribution in [0.2, 0.25) is 0 Å². The molecule has 2 aliphatic rings. The summed E-state index contributed by atoms with van der Waals surface area (Å²) in [4.78, 5) is 28.4. The molecule has 2 unspecified atom stereocenters. The first-order chi connectivity index (χ1) is 15.6. The highest BCUT2D eigenvalue weighted by Crippen LogP contribution is 2.32. The molecular formula is C25H29N5OS. The third-order valence-corrected chi connectivity index (χ3v) is 7.64. The Morgan fingerprint density at radius 2 is 2.00 bits per heavy atom. The van der Waals surface area contributed by atoms with Crippen LogP contribution in [0.4, 0.5) is 5.82 Å². The summed E-state index contributed by atoms with van der Waals surface area (Å²) in [6.07, 6.45) is 8.40. The lowest BCUT2D eigenvalue weighted by atomic mass is 9.98. The maximum Gasteiger partial charge on any atom is 0.237 e. The van der Waals surface area contributed by atoms with Gasteiger partial charge < -0.3 is 9.80 Å². The molecule has 1 aromatic carbocycles. The molecule has 2 atom stereocenters. The Morgan fingerprint density at radius 1 is 1.16 bits per heavy atom. The molecule has 4 heterocycles. The lowest BCUT2D eigenvalue weighted by molar-refractivity contribution is -0.133. The highest BCUT2D eigenvalue weighted by Gasteiger charge is 2.32. The molecule has 0 saturated carbocycles. The Kier molecular flexibility index (Phi) is 5.93. The van der Waals surface area contributed by atoms with Gasteiger partial charge in [-0.05, 0) is 48.2 Å². The smallest absolute Gasteiger partial charge is 0.237 e. The molecule has 0 radical (unpaired) electrons. The molecule has 1 saturated heterocycles. The van der Waals surface area contributed by atoms with E-state index in [0.29, 0.717) is 13.1 Å². The molecule has 3 aromatic rings. The van der Waals surface area contributed by atoms with Crippen LogP contribution in [0, 0.1) is 0 Å². The molecule has 5 rings (SSSR count). The third-order valence-electron chi connectivity index (χ3n) is 6.68. The Labute approximate surface area is 193 Å². The van der Waals surface area contributed by atoms with E-state index in [1.54, 1.807) is 23.7 Å². The number of carbonyl (C=O) groups is 1. The Morgan fingerprint density at radius 3 is 2.72 bits per heavy atom. The van der Waals surface area contributed by atoms with E-state index in [1.165, 1.54) is 21.2 Å². The van der Waals surface area contributed by atoms with Crippen LogP contribution in [0.5, 0.6) is 0 Å². The first-order valence-corrected chi connectivity index (χ1v) is 12.2. The number of rotatable bonds is 4. The number of anilines is 1. The number of aromatic nitrogens is 2. The van der Waals surface area contributed by atoms with Crippen molar-refractivity contribution in [3.63, 3.8) is 0 Å². The molecule has 32 heavy (non-hydrogen) atoms. The molecule has 0 aliphatic carbocycles. The van der Waals surface area contributed by atoms with Crippen LogP contribution in [0.1, 0.15) is 25.8 Å². The van der Waals surface area contributed by atoms with E-state index in [9.17, 15) is 4.79 Å². The summed E-state index contributed by atoms with van der Waals surface area (Å²) in [5, 5.41) is 3.45. The number of hydrogen-bond acceptors (Lipinski definition) is 6. The second-order valence-electron chi connectivity index (χ2n) is 8.80. The summed E-state index contributed by atoms with van der Waals surface area (Å²) >= 11 is 1.80. The van der Waals surface area contributed by atoms with E-state index < -0.39 is 0 Å². The number of hydrogen-bond donors (Lipinski definition) is 0. The molecule has 6 nitrogen and oxygen atoms in total. The van der Waals surface area contributed by atoms with Gasteiger partial charge in [0, 0.05) is 55.4 Å². The van der Waals surface area contributed by atoms with Crippen LogP contribution in [-0.4, -0.2) is 70.5 Å². The lowest BCUT2D eigenvalue weighted by Crippen LogP contribution is -2.59. The summed E-state index contributed by atoms with van der Waals surface area (Å²) in [5.41, 5.74) is 2.69. The molecule has 0 spiro atoms. The van der Waals surface area contributed by atoms with Gasteiger partial charge in [-0.1, -0.05) is 24.3 Å². The van der Waals surface area contributed by atoms with E-state index in [-0.39, 0.29) is 18.0 Å². The standard InChI is InChI=1S/C25H29N5OS/c1-18-15-29(23-14-26-9-10-27-23)16-19(2)30(18)17-24(31)28-11-6-20(7-12-28)22-5-3-4-21-8-13-32-25(21)22/h3-6,8-10,13-14,18-19H,7,11-12,15-17H2,1-2H3. The fraction of sp³-hybridized carbons (Fsp3) is 0.400. The number of fused-ring (bicyclic) bond motifs is 1. The topological polar surface area (TPSA) is 52.6 Å². The number of benzene rings is 1. The molecule has 0 bridgehead atoms. The third kappa shape index (κ3) is 4.14. The minimum atomic E-state index is 0.223. The molecule has 7 heteroatoms. The van der Waals surface area contributed by atoms with Gasteiger partial charge in [-0.15, -0.1) is 11.3 Å². The summed E-state index contributed by atoms with van der Waals surface area (Å²) in [7, 11) is 0. The van der Waals surface area contributed by atoms with E-state index in [4.69, 9.17) is 0 Å². The first kappa shape index (κ1) is 21.1. The van der Waals surface area contributed by atoms with Gasteiger partial charge in [0.15, 0.2) is 0 Å². The van der Waals surface area contributed by atoms with Crippen molar-refractivity contribution in [1.29, 1.82) is 0 Å². The molecule has 0 N–H and O–H groups in total. The van der Waals surface area contributed by atoms with E-state index in [2.05, 4.69) is 69.3 Å². The van der Waals surface area contributed by atoms with Gasteiger partial charge in [-0.25, -0.2) is 4.98 Å². The fourth-order valence-electron chi connectivity index (χ4n) is 4.95. The van der Waals surface area contributed by atoms with Crippen molar-refractivity contribution in [2.24, 2.45) is 0 Å². The van der Waals surface area contributed by atoms with Gasteiger partial charge in [0.05, 0.1) is 12.7 Å². The second-order valence-corrected chi connectivity index (χ2v) is 9.72. The molecule has 2 aliphatic heterocycles. The average Bonchev–Trinajstić information content (AvgIpc) is 3.31. The minimum absolute atomic E-state index is 0.223. The van der Waals surface area contributed by atoms with Gasteiger partial charge in [-0.3, -0.25) is 14.7 Å². The van der Waals surface area contributed by atoms with Crippen molar-refractivity contribution >= 4 is 38.7 Å². The monoisotopic (exact) mass is 447 g/mol. The van der Waals surface area contributed by atoms with E-state index >= 15 is 0 Å². The van der Waals surface area contributed by atoms with E-state index in [1.807, 2.05) is 11.1 Å². The van der Waals surface area contributed by atoms with Crippen molar-refractivity contribution in [2.45, 2.75) is 32.4 Å². The van der Waals surface area contributed by atoms with Crippen molar-refractivity contribution < 1.29 is 4.79 Å². The van der Waals surface area contributed by atoms with Crippen LogP contribution >= 0.6 is 11.3 Å². The highest BCUT2D eigenvalue weighted by molar-refractivity contribution is 7.17. The van der Waals surface area contributed by atoms with Crippen molar-refractivity contribution in [2.75, 3.05) is 37.6 Å². The Hall–Kier alpha value is -2.77. The van der Waals surface area contributed by atoms with Crippen LogP contribution < -0.4 is 4.90 Å². The van der Waals surface area contributed by atoms with Crippen molar-refractivity contribution in [1.82, 2.24) is 19.8 Å². The second kappa shape index (κ2) is 9.00. The highest BCUT2D eigenvalue weighted by atomic mass is 32.1. The number of nitrogens with zero attached hydrogens (tertiary/aromatic N) is 5. The van der Waals surface area contributed by atoms with Gasteiger partial charge in [0.25, 0.3) is 0 Å². The minimum Gasteiger partial charge on any atom is -0.352 e. The van der Waals surface area contributed by atoms with Crippen LogP contribution in [-0.2, 0) is 4.79 Å². The van der Waals surface area contributed by atoms with Crippen LogP contribution in [0.3, 0.4) is 0 Å². The molecule has 2 aromatic heterocycles. The number of piperazine rings is 1. The quantitative estimate of drug-likeness (QED) is 0.607. The molecular weight excluding hydrogens is 418 g/mol. The normalized spacial score (nSPS) is 22.2. The van der Waals surface area contributed by atoms with Crippen molar-refractivity contribution in [3.8, 4) is 0 Å². The molecule has 166 valence electrons. The first-order valence-electron chi connectivity index (χ1n) is 11.3. The van der Waals surface area contributed by atoms with Gasteiger partial charge >= 0.3 is 0 Å². The number of carbonyl (C=O) groups excluding carboxylic acids is 1. The molecule has 1 amide bonds. The van der Waals surface area contributed by atoms with Gasteiger partial charge in [-0.2, -0.15) is 0 Å². The summed E-state index contributed by atoms with van der Waals surface area (Å²) in [5.74, 6) is 1.13. The predicted molar refractivity (Wildman–Crippen MR) is 131 cm³/mol. The van der Waals surface area contributed by atoms with Gasteiger partial charge in [0.1, 0.15) is 5.82 Å². The maximum absolute atomic E-state index is 13.1.